The number of hydrogen-bond acceptors (Lipinski definition) is 4. The lowest BCUT2D eigenvalue weighted by Gasteiger charge is -2.34. The lowest BCUT2D eigenvalue weighted by atomic mass is 10.0. The summed E-state index contributed by atoms with van der Waals surface area (Å²) in [6.07, 6.45) is 1.98. The van der Waals surface area contributed by atoms with Crippen LogP contribution in [0.2, 0.25) is 0 Å². The van der Waals surface area contributed by atoms with Gasteiger partial charge >= 0.3 is 0 Å². The molecular formula is C17H23N3O2. The molecule has 1 aromatic rings. The van der Waals surface area contributed by atoms with Crippen LogP contribution in [0.5, 0.6) is 0 Å². The van der Waals surface area contributed by atoms with Crippen molar-refractivity contribution in [1.82, 2.24) is 10.3 Å². The van der Waals surface area contributed by atoms with Crippen molar-refractivity contribution in [3.05, 3.63) is 35.9 Å². The Balaban J connectivity index is 1.77. The first-order chi connectivity index (χ1) is 10.8. The van der Waals surface area contributed by atoms with Gasteiger partial charge in [-0.1, -0.05) is 30.3 Å². The van der Waals surface area contributed by atoms with Crippen molar-refractivity contribution in [1.29, 1.82) is 0 Å². The number of hydrogen-bond donors (Lipinski definition) is 1. The average Bonchev–Trinajstić information content (AvgIpc) is 3.40. The van der Waals surface area contributed by atoms with Crippen LogP contribution < -0.4 is 5.43 Å². The fourth-order valence-corrected chi connectivity index (χ4v) is 2.83. The molecule has 22 heavy (non-hydrogen) atoms. The van der Waals surface area contributed by atoms with E-state index in [0.717, 1.165) is 44.9 Å². The SMILES string of the molecule is C/C(=N\NC(=O)C1CC1)C(c1ccccc1)N1CCOCC1. The van der Waals surface area contributed by atoms with Gasteiger partial charge in [0.1, 0.15) is 0 Å². The summed E-state index contributed by atoms with van der Waals surface area (Å²) in [6.45, 7) is 5.22. The number of amides is 1. The van der Waals surface area contributed by atoms with Gasteiger partial charge in [-0.2, -0.15) is 5.10 Å². The van der Waals surface area contributed by atoms with E-state index in [4.69, 9.17) is 4.74 Å². The van der Waals surface area contributed by atoms with Gasteiger partial charge in [-0.15, -0.1) is 0 Å². The number of carbonyl (C=O) groups excluding carboxylic acids is 1. The molecule has 2 aliphatic rings. The predicted molar refractivity (Wildman–Crippen MR) is 85.6 cm³/mol. The van der Waals surface area contributed by atoms with Crippen LogP contribution in [0.3, 0.4) is 0 Å². The second kappa shape index (κ2) is 7.03. The Bertz CT molecular complexity index is 534. The van der Waals surface area contributed by atoms with Gasteiger partial charge in [-0.3, -0.25) is 9.69 Å². The number of morpholine rings is 1. The Morgan fingerprint density at radius 2 is 1.95 bits per heavy atom. The fourth-order valence-electron chi connectivity index (χ4n) is 2.83. The molecule has 3 rings (SSSR count). The van der Waals surface area contributed by atoms with Gasteiger partial charge < -0.3 is 4.74 Å². The number of carbonyl (C=O) groups is 1. The van der Waals surface area contributed by atoms with Crippen LogP contribution in [-0.4, -0.2) is 42.8 Å². The monoisotopic (exact) mass is 301 g/mol. The smallest absolute Gasteiger partial charge is 0.243 e. The summed E-state index contributed by atoms with van der Waals surface area (Å²) >= 11 is 0. The minimum atomic E-state index is 0.0492. The standard InChI is InChI=1S/C17H23N3O2/c1-13(18-19-17(21)15-7-8-15)16(14-5-3-2-4-6-14)20-9-11-22-12-10-20/h2-6,15-16H,7-12H2,1H3,(H,19,21)/b18-13+. The summed E-state index contributed by atoms with van der Waals surface area (Å²) < 4.78 is 5.45. The topological polar surface area (TPSA) is 53.9 Å². The molecule has 1 heterocycles. The van der Waals surface area contributed by atoms with E-state index in [1.807, 2.05) is 25.1 Å². The molecule has 1 saturated carbocycles. The summed E-state index contributed by atoms with van der Waals surface area (Å²) in [6, 6.07) is 10.4. The van der Waals surface area contributed by atoms with E-state index in [2.05, 4.69) is 27.6 Å². The van der Waals surface area contributed by atoms with Gasteiger partial charge in [0.05, 0.1) is 25.0 Å². The number of ether oxygens (including phenoxy) is 1. The van der Waals surface area contributed by atoms with Crippen LogP contribution in [0.25, 0.3) is 0 Å². The van der Waals surface area contributed by atoms with E-state index in [9.17, 15) is 4.79 Å². The number of rotatable bonds is 5. The molecule has 1 atom stereocenters. The summed E-state index contributed by atoms with van der Waals surface area (Å²) in [5.41, 5.74) is 4.84. The molecule has 0 spiro atoms. The van der Waals surface area contributed by atoms with Gasteiger partial charge in [0.2, 0.25) is 5.91 Å². The summed E-state index contributed by atoms with van der Waals surface area (Å²) in [4.78, 5) is 14.2. The summed E-state index contributed by atoms with van der Waals surface area (Å²) in [5.74, 6) is 0.225. The highest BCUT2D eigenvalue weighted by Gasteiger charge is 2.30. The van der Waals surface area contributed by atoms with E-state index < -0.39 is 0 Å². The maximum atomic E-state index is 11.8. The van der Waals surface area contributed by atoms with E-state index >= 15 is 0 Å². The molecule has 1 saturated heterocycles. The number of hydrazone groups is 1. The minimum Gasteiger partial charge on any atom is -0.379 e. The van der Waals surface area contributed by atoms with Crippen LogP contribution in [-0.2, 0) is 9.53 Å². The Morgan fingerprint density at radius 3 is 2.59 bits per heavy atom. The highest BCUT2D eigenvalue weighted by Crippen LogP contribution is 2.29. The largest absolute Gasteiger partial charge is 0.379 e. The van der Waals surface area contributed by atoms with Crippen molar-refractivity contribution >= 4 is 11.6 Å². The average molecular weight is 301 g/mol. The molecular weight excluding hydrogens is 278 g/mol. The van der Waals surface area contributed by atoms with Crippen molar-refractivity contribution in [2.24, 2.45) is 11.0 Å². The van der Waals surface area contributed by atoms with E-state index in [0.29, 0.717) is 0 Å². The van der Waals surface area contributed by atoms with Gasteiger partial charge in [-0.05, 0) is 25.3 Å². The maximum absolute atomic E-state index is 11.8. The Morgan fingerprint density at radius 1 is 1.27 bits per heavy atom. The van der Waals surface area contributed by atoms with E-state index in [1.54, 1.807) is 0 Å². The van der Waals surface area contributed by atoms with Crippen LogP contribution in [0.1, 0.15) is 31.4 Å². The first kappa shape index (κ1) is 15.2. The zero-order chi connectivity index (χ0) is 15.4. The van der Waals surface area contributed by atoms with Crippen molar-refractivity contribution in [3.8, 4) is 0 Å². The Labute approximate surface area is 131 Å². The molecule has 0 radical (unpaired) electrons. The maximum Gasteiger partial charge on any atom is 0.243 e. The number of nitrogens with zero attached hydrogens (tertiary/aromatic N) is 2. The molecule has 1 aliphatic carbocycles. The molecule has 1 unspecified atom stereocenters. The molecule has 1 amide bonds. The molecule has 1 N–H and O–H groups in total. The zero-order valence-electron chi connectivity index (χ0n) is 13.0. The van der Waals surface area contributed by atoms with Crippen molar-refractivity contribution in [2.45, 2.75) is 25.8 Å². The molecule has 0 bridgehead atoms. The molecule has 5 heteroatoms. The lowest BCUT2D eigenvalue weighted by molar-refractivity contribution is -0.122. The third-order valence-corrected chi connectivity index (χ3v) is 4.21. The molecule has 118 valence electrons. The highest BCUT2D eigenvalue weighted by atomic mass is 16.5. The second-order valence-electron chi connectivity index (χ2n) is 5.97. The lowest BCUT2D eigenvalue weighted by Crippen LogP contribution is -2.42. The summed E-state index contributed by atoms with van der Waals surface area (Å²) in [7, 11) is 0. The van der Waals surface area contributed by atoms with Crippen molar-refractivity contribution < 1.29 is 9.53 Å². The quantitative estimate of drug-likeness (QED) is 0.668. The zero-order valence-corrected chi connectivity index (χ0v) is 13.0. The van der Waals surface area contributed by atoms with E-state index in [-0.39, 0.29) is 17.9 Å². The predicted octanol–water partition coefficient (Wildman–Crippen LogP) is 1.96. The van der Waals surface area contributed by atoms with Gasteiger partial charge in [-0.25, -0.2) is 5.43 Å². The van der Waals surface area contributed by atoms with Gasteiger partial charge in [0.25, 0.3) is 0 Å². The Hall–Kier alpha value is -1.72. The van der Waals surface area contributed by atoms with Gasteiger partial charge in [0, 0.05) is 19.0 Å². The van der Waals surface area contributed by atoms with Crippen LogP contribution in [0, 0.1) is 5.92 Å². The molecule has 1 aromatic carbocycles. The van der Waals surface area contributed by atoms with Crippen molar-refractivity contribution in [2.75, 3.05) is 26.3 Å². The minimum absolute atomic E-state index is 0.0492. The van der Waals surface area contributed by atoms with Crippen LogP contribution in [0.4, 0.5) is 0 Å². The highest BCUT2D eigenvalue weighted by molar-refractivity contribution is 5.90. The molecule has 0 aromatic heterocycles. The number of benzene rings is 1. The van der Waals surface area contributed by atoms with Crippen molar-refractivity contribution in [3.63, 3.8) is 0 Å². The molecule has 2 fully saturated rings. The van der Waals surface area contributed by atoms with Crippen LogP contribution >= 0.6 is 0 Å². The third kappa shape index (κ3) is 3.72. The van der Waals surface area contributed by atoms with Crippen LogP contribution in [0.15, 0.2) is 35.4 Å². The first-order valence-corrected chi connectivity index (χ1v) is 7.96. The normalized spacial score (nSPS) is 21.4. The summed E-state index contributed by atoms with van der Waals surface area (Å²) in [5, 5.41) is 4.37. The molecule has 5 nitrogen and oxygen atoms in total. The van der Waals surface area contributed by atoms with E-state index in [1.165, 1.54) is 5.56 Å². The molecule has 1 aliphatic heterocycles. The number of nitrogens with one attached hydrogen (secondary N) is 1. The Kier molecular flexibility index (Phi) is 4.85. The third-order valence-electron chi connectivity index (χ3n) is 4.21. The fraction of sp³-hybridized carbons (Fsp3) is 0.529. The second-order valence-corrected chi connectivity index (χ2v) is 5.97. The first-order valence-electron chi connectivity index (χ1n) is 7.96. The van der Waals surface area contributed by atoms with Gasteiger partial charge in [0.15, 0.2) is 0 Å².